The van der Waals surface area contributed by atoms with Crippen molar-refractivity contribution < 1.29 is 0 Å². The number of H-pyrrole nitrogens is 1. The Morgan fingerprint density at radius 3 is 3.00 bits per heavy atom. The Bertz CT molecular complexity index is 393. The number of aromatic nitrogens is 3. The monoisotopic (exact) mass is 259 g/mol. The number of nitrogens with one attached hydrogen (secondary N) is 1. The van der Waals surface area contributed by atoms with Gasteiger partial charge in [-0.2, -0.15) is 0 Å². The molecule has 0 aliphatic heterocycles. The summed E-state index contributed by atoms with van der Waals surface area (Å²) >= 11 is 2.21. The quantitative estimate of drug-likeness (QED) is 0.579. The Balaban J connectivity index is 2.96. The van der Waals surface area contributed by atoms with Crippen molar-refractivity contribution in [3.63, 3.8) is 0 Å². The Hall–Kier alpha value is -0.650. The predicted molar refractivity (Wildman–Crippen MR) is 51.3 cm³/mol. The molecule has 0 aliphatic rings. The van der Waals surface area contributed by atoms with Crippen molar-refractivity contribution in [2.45, 2.75) is 6.92 Å². The molecule has 0 amide bonds. The van der Waals surface area contributed by atoms with E-state index in [2.05, 4.69) is 37.5 Å². The van der Waals surface area contributed by atoms with Crippen LogP contribution in [0.3, 0.4) is 0 Å². The Morgan fingerprint density at radius 1 is 1.45 bits per heavy atom. The molecule has 3 nitrogen and oxygen atoms in total. The first kappa shape index (κ1) is 7.02. The zero-order valence-corrected chi connectivity index (χ0v) is 8.08. The van der Waals surface area contributed by atoms with E-state index in [-0.39, 0.29) is 0 Å². The van der Waals surface area contributed by atoms with Gasteiger partial charge in [-0.05, 0) is 35.1 Å². The van der Waals surface area contributed by atoms with Crippen LogP contribution in [0.5, 0.6) is 0 Å². The van der Waals surface area contributed by atoms with E-state index in [1.165, 1.54) is 5.56 Å². The molecule has 0 aliphatic carbocycles. The van der Waals surface area contributed by atoms with E-state index in [0.717, 1.165) is 14.7 Å². The van der Waals surface area contributed by atoms with Crippen LogP contribution in [0.1, 0.15) is 5.56 Å². The van der Waals surface area contributed by atoms with Gasteiger partial charge in [0.25, 0.3) is 0 Å². The maximum absolute atomic E-state index is 4.10. The number of nitrogens with zero attached hydrogens (tertiary/aromatic N) is 2. The maximum atomic E-state index is 4.10. The second-order valence-electron chi connectivity index (χ2n) is 2.36. The standard InChI is InChI=1S/C7H6IN3/c1-4-2-9-7-5(4)6(8)10-3-11-7/h2-3H,1H3,(H,9,10,11). The van der Waals surface area contributed by atoms with E-state index < -0.39 is 0 Å². The molecule has 0 aromatic carbocycles. The molecule has 0 atom stereocenters. The zero-order chi connectivity index (χ0) is 7.84. The minimum atomic E-state index is 0.918. The molecule has 0 saturated carbocycles. The van der Waals surface area contributed by atoms with Crippen LogP contribution in [0, 0.1) is 10.6 Å². The summed E-state index contributed by atoms with van der Waals surface area (Å²) in [5.74, 6) is 0. The third-order valence-electron chi connectivity index (χ3n) is 1.62. The summed E-state index contributed by atoms with van der Waals surface area (Å²) in [5, 5.41) is 1.13. The van der Waals surface area contributed by atoms with Gasteiger partial charge >= 0.3 is 0 Å². The predicted octanol–water partition coefficient (Wildman–Crippen LogP) is 1.87. The molecule has 0 unspecified atom stereocenters. The average molecular weight is 259 g/mol. The Morgan fingerprint density at radius 2 is 2.27 bits per heavy atom. The van der Waals surface area contributed by atoms with Gasteiger partial charge in [-0.15, -0.1) is 0 Å². The minimum absolute atomic E-state index is 0.918. The van der Waals surface area contributed by atoms with Crippen LogP contribution in [-0.2, 0) is 0 Å². The van der Waals surface area contributed by atoms with Crippen molar-refractivity contribution in [1.82, 2.24) is 15.0 Å². The van der Waals surface area contributed by atoms with Gasteiger partial charge in [0.1, 0.15) is 15.7 Å². The van der Waals surface area contributed by atoms with Crippen molar-refractivity contribution >= 4 is 33.6 Å². The molecular weight excluding hydrogens is 253 g/mol. The van der Waals surface area contributed by atoms with E-state index in [1.54, 1.807) is 6.33 Å². The highest BCUT2D eigenvalue weighted by atomic mass is 127. The summed E-state index contributed by atoms with van der Waals surface area (Å²) < 4.78 is 1.01. The number of aromatic amines is 1. The van der Waals surface area contributed by atoms with E-state index in [1.807, 2.05) is 13.1 Å². The second kappa shape index (κ2) is 2.44. The van der Waals surface area contributed by atoms with Gasteiger partial charge in [-0.1, -0.05) is 0 Å². The summed E-state index contributed by atoms with van der Waals surface area (Å²) in [5.41, 5.74) is 2.12. The van der Waals surface area contributed by atoms with E-state index in [4.69, 9.17) is 0 Å². The summed E-state index contributed by atoms with van der Waals surface area (Å²) in [6.45, 7) is 2.05. The topological polar surface area (TPSA) is 41.6 Å². The van der Waals surface area contributed by atoms with E-state index in [9.17, 15) is 0 Å². The molecule has 56 valence electrons. The van der Waals surface area contributed by atoms with Gasteiger partial charge in [0, 0.05) is 6.20 Å². The number of rotatable bonds is 0. The van der Waals surface area contributed by atoms with Crippen LogP contribution < -0.4 is 0 Å². The van der Waals surface area contributed by atoms with Crippen LogP contribution >= 0.6 is 22.6 Å². The summed E-state index contributed by atoms with van der Waals surface area (Å²) in [6, 6.07) is 0. The fraction of sp³-hybridized carbons (Fsp3) is 0.143. The lowest BCUT2D eigenvalue weighted by molar-refractivity contribution is 1.17. The first-order chi connectivity index (χ1) is 5.29. The molecule has 0 saturated heterocycles. The van der Waals surface area contributed by atoms with Gasteiger partial charge in [0.2, 0.25) is 0 Å². The molecule has 2 aromatic rings. The summed E-state index contributed by atoms with van der Waals surface area (Å²) in [7, 11) is 0. The molecular formula is C7H6IN3. The first-order valence-electron chi connectivity index (χ1n) is 3.23. The van der Waals surface area contributed by atoms with Crippen molar-refractivity contribution in [2.24, 2.45) is 0 Å². The van der Waals surface area contributed by atoms with Crippen molar-refractivity contribution in [1.29, 1.82) is 0 Å². The summed E-state index contributed by atoms with van der Waals surface area (Å²) in [6.07, 6.45) is 3.52. The Labute approximate surface area is 77.4 Å². The van der Waals surface area contributed by atoms with Gasteiger partial charge in [-0.25, -0.2) is 9.97 Å². The van der Waals surface area contributed by atoms with E-state index >= 15 is 0 Å². The fourth-order valence-corrected chi connectivity index (χ4v) is 1.88. The highest BCUT2D eigenvalue weighted by Gasteiger charge is 2.03. The molecule has 2 aromatic heterocycles. The number of halogens is 1. The van der Waals surface area contributed by atoms with Crippen LogP contribution in [0.4, 0.5) is 0 Å². The lowest BCUT2D eigenvalue weighted by atomic mass is 10.3. The largest absolute Gasteiger partial charge is 0.346 e. The number of fused-ring (bicyclic) bond motifs is 1. The normalized spacial score (nSPS) is 10.7. The van der Waals surface area contributed by atoms with Crippen LogP contribution in [0.25, 0.3) is 11.0 Å². The second-order valence-corrected chi connectivity index (χ2v) is 3.38. The molecule has 0 spiro atoms. The van der Waals surface area contributed by atoms with Gasteiger partial charge in [0.15, 0.2) is 0 Å². The van der Waals surface area contributed by atoms with Crippen molar-refractivity contribution in [2.75, 3.05) is 0 Å². The minimum Gasteiger partial charge on any atom is -0.346 e. The number of hydrogen-bond acceptors (Lipinski definition) is 2. The number of aryl methyl sites for hydroxylation is 1. The zero-order valence-electron chi connectivity index (χ0n) is 5.93. The van der Waals surface area contributed by atoms with Crippen LogP contribution in [0.2, 0.25) is 0 Å². The third kappa shape index (κ3) is 1.01. The molecule has 0 radical (unpaired) electrons. The molecule has 0 fully saturated rings. The van der Waals surface area contributed by atoms with Crippen molar-refractivity contribution in [3.05, 3.63) is 21.8 Å². The van der Waals surface area contributed by atoms with Gasteiger partial charge < -0.3 is 4.98 Å². The van der Waals surface area contributed by atoms with Crippen LogP contribution in [-0.4, -0.2) is 15.0 Å². The number of hydrogen-bond donors (Lipinski definition) is 1. The van der Waals surface area contributed by atoms with Gasteiger partial charge in [0.05, 0.1) is 5.39 Å². The van der Waals surface area contributed by atoms with Crippen LogP contribution in [0.15, 0.2) is 12.5 Å². The summed E-state index contributed by atoms with van der Waals surface area (Å²) in [4.78, 5) is 11.3. The highest BCUT2D eigenvalue weighted by Crippen LogP contribution is 2.18. The fourth-order valence-electron chi connectivity index (χ4n) is 1.07. The lowest BCUT2D eigenvalue weighted by Crippen LogP contribution is -1.84. The molecule has 2 heterocycles. The molecule has 4 heteroatoms. The Kier molecular flexibility index (Phi) is 1.56. The third-order valence-corrected chi connectivity index (χ3v) is 2.44. The molecule has 1 N–H and O–H groups in total. The highest BCUT2D eigenvalue weighted by molar-refractivity contribution is 14.1. The van der Waals surface area contributed by atoms with Crippen molar-refractivity contribution in [3.8, 4) is 0 Å². The maximum Gasteiger partial charge on any atom is 0.142 e. The molecule has 11 heavy (non-hydrogen) atoms. The van der Waals surface area contributed by atoms with Gasteiger partial charge in [-0.3, -0.25) is 0 Å². The smallest absolute Gasteiger partial charge is 0.142 e. The lowest BCUT2D eigenvalue weighted by Gasteiger charge is -1.91. The first-order valence-corrected chi connectivity index (χ1v) is 4.31. The SMILES string of the molecule is Cc1c[nH]c2ncnc(I)c12. The van der Waals surface area contributed by atoms with E-state index in [0.29, 0.717) is 0 Å². The molecule has 2 rings (SSSR count). The molecule has 0 bridgehead atoms. The average Bonchev–Trinajstić information content (AvgIpc) is 2.34.